The fraction of sp³-hybridized carbons (Fsp3) is 0.545. The molecule has 1 aliphatic rings. The molecule has 0 radical (unpaired) electrons. The number of nitrogens with one attached hydrogen (secondary N) is 1. The van der Waals surface area contributed by atoms with Crippen molar-refractivity contribution in [3.05, 3.63) is 23.0 Å². The third-order valence-electron chi connectivity index (χ3n) is 2.95. The monoisotopic (exact) mass is 192 g/mol. The van der Waals surface area contributed by atoms with Crippen LogP contribution in [0, 0.1) is 6.92 Å². The molecule has 3 nitrogen and oxygen atoms in total. The Kier molecular flexibility index (Phi) is 2.32. The average molecular weight is 192 g/mol. The Labute approximate surface area is 84.1 Å². The summed E-state index contributed by atoms with van der Waals surface area (Å²) in [5.41, 5.74) is 3.90. The van der Waals surface area contributed by atoms with E-state index in [1.54, 1.807) is 6.92 Å². The number of rotatable bonds is 0. The lowest BCUT2D eigenvalue weighted by atomic mass is 10.1. The summed E-state index contributed by atoms with van der Waals surface area (Å²) in [5, 5.41) is 0. The first-order valence-corrected chi connectivity index (χ1v) is 5.09. The van der Waals surface area contributed by atoms with Crippen LogP contribution in [-0.4, -0.2) is 22.3 Å². The standard InChI is InChI=1S/C11H16N2O/c1-8-6-12-11-4-3-5-13(9(2)14)7-10(8)11/h6,12H,3-5,7H2,1-2H3. The van der Waals surface area contributed by atoms with E-state index < -0.39 is 0 Å². The number of hydrogen-bond donors (Lipinski definition) is 1. The van der Waals surface area contributed by atoms with Crippen molar-refractivity contribution >= 4 is 5.91 Å². The van der Waals surface area contributed by atoms with Gasteiger partial charge in [0.05, 0.1) is 0 Å². The van der Waals surface area contributed by atoms with Crippen LogP contribution in [-0.2, 0) is 17.8 Å². The van der Waals surface area contributed by atoms with E-state index in [-0.39, 0.29) is 5.91 Å². The van der Waals surface area contributed by atoms with E-state index in [4.69, 9.17) is 0 Å². The summed E-state index contributed by atoms with van der Waals surface area (Å²) in [7, 11) is 0. The number of hydrogen-bond acceptors (Lipinski definition) is 1. The van der Waals surface area contributed by atoms with Gasteiger partial charge >= 0.3 is 0 Å². The molecule has 0 fully saturated rings. The first kappa shape index (κ1) is 9.31. The second-order valence-corrected chi connectivity index (χ2v) is 3.97. The Balaban J connectivity index is 2.29. The Morgan fingerprint density at radius 1 is 1.57 bits per heavy atom. The van der Waals surface area contributed by atoms with E-state index in [0.717, 1.165) is 25.9 Å². The molecule has 1 N–H and O–H groups in total. The highest BCUT2D eigenvalue weighted by Gasteiger charge is 2.18. The summed E-state index contributed by atoms with van der Waals surface area (Å²) in [6.07, 6.45) is 4.16. The smallest absolute Gasteiger partial charge is 0.219 e. The van der Waals surface area contributed by atoms with Gasteiger partial charge in [-0.1, -0.05) is 0 Å². The molecule has 76 valence electrons. The third kappa shape index (κ3) is 1.54. The van der Waals surface area contributed by atoms with Crippen LogP contribution in [0.4, 0.5) is 0 Å². The Morgan fingerprint density at radius 2 is 2.36 bits per heavy atom. The Hall–Kier alpha value is -1.25. The fourth-order valence-corrected chi connectivity index (χ4v) is 2.04. The van der Waals surface area contributed by atoms with E-state index >= 15 is 0 Å². The van der Waals surface area contributed by atoms with Gasteiger partial charge in [-0.2, -0.15) is 0 Å². The van der Waals surface area contributed by atoms with E-state index in [9.17, 15) is 4.79 Å². The Morgan fingerprint density at radius 3 is 3.07 bits per heavy atom. The minimum Gasteiger partial charge on any atom is -0.364 e. The number of fused-ring (bicyclic) bond motifs is 1. The zero-order valence-electron chi connectivity index (χ0n) is 8.76. The topological polar surface area (TPSA) is 36.1 Å². The molecule has 1 aromatic rings. The number of H-pyrrole nitrogens is 1. The largest absolute Gasteiger partial charge is 0.364 e. The van der Waals surface area contributed by atoms with Crippen LogP contribution in [0.15, 0.2) is 6.20 Å². The first-order chi connectivity index (χ1) is 6.68. The summed E-state index contributed by atoms with van der Waals surface area (Å²) >= 11 is 0. The maximum atomic E-state index is 11.3. The quantitative estimate of drug-likeness (QED) is 0.666. The summed E-state index contributed by atoms with van der Waals surface area (Å²) in [5.74, 6) is 0.179. The molecule has 1 aliphatic heterocycles. The predicted molar refractivity (Wildman–Crippen MR) is 54.9 cm³/mol. The number of carbonyl (C=O) groups excluding carboxylic acids is 1. The van der Waals surface area contributed by atoms with Gasteiger partial charge in [-0.05, 0) is 30.9 Å². The highest BCUT2D eigenvalue weighted by molar-refractivity contribution is 5.73. The summed E-state index contributed by atoms with van der Waals surface area (Å²) in [4.78, 5) is 16.5. The van der Waals surface area contributed by atoms with Crippen molar-refractivity contribution in [3.63, 3.8) is 0 Å². The van der Waals surface area contributed by atoms with Gasteiger partial charge in [-0.15, -0.1) is 0 Å². The molecule has 1 amide bonds. The number of aromatic amines is 1. The molecule has 0 atom stereocenters. The van der Waals surface area contributed by atoms with Gasteiger partial charge in [0.2, 0.25) is 5.91 Å². The van der Waals surface area contributed by atoms with Gasteiger partial charge in [0.15, 0.2) is 0 Å². The lowest BCUT2D eigenvalue weighted by Gasteiger charge is -2.18. The summed E-state index contributed by atoms with van der Waals surface area (Å²) in [6.45, 7) is 5.41. The molecule has 0 spiro atoms. The molecule has 0 aliphatic carbocycles. The zero-order valence-corrected chi connectivity index (χ0v) is 8.76. The van der Waals surface area contributed by atoms with Crippen LogP contribution < -0.4 is 0 Å². The van der Waals surface area contributed by atoms with Gasteiger partial charge in [-0.3, -0.25) is 4.79 Å². The minimum atomic E-state index is 0.179. The maximum absolute atomic E-state index is 11.3. The van der Waals surface area contributed by atoms with Crippen molar-refractivity contribution in [1.82, 2.24) is 9.88 Å². The molecule has 3 heteroatoms. The van der Waals surface area contributed by atoms with Gasteiger partial charge in [0.25, 0.3) is 0 Å². The zero-order chi connectivity index (χ0) is 10.1. The number of amides is 1. The van der Waals surface area contributed by atoms with Crippen molar-refractivity contribution in [2.75, 3.05) is 6.54 Å². The highest BCUT2D eigenvalue weighted by Crippen LogP contribution is 2.20. The molecule has 14 heavy (non-hydrogen) atoms. The predicted octanol–water partition coefficient (Wildman–Crippen LogP) is 1.62. The highest BCUT2D eigenvalue weighted by atomic mass is 16.2. The van der Waals surface area contributed by atoms with E-state index in [1.165, 1.54) is 16.8 Å². The molecular weight excluding hydrogens is 176 g/mol. The number of aryl methyl sites for hydroxylation is 2. The van der Waals surface area contributed by atoms with E-state index in [0.29, 0.717) is 0 Å². The van der Waals surface area contributed by atoms with Crippen molar-refractivity contribution in [3.8, 4) is 0 Å². The van der Waals surface area contributed by atoms with Crippen LogP contribution in [0.2, 0.25) is 0 Å². The normalized spacial score (nSPS) is 16.3. The first-order valence-electron chi connectivity index (χ1n) is 5.09. The van der Waals surface area contributed by atoms with Crippen LogP contribution in [0.1, 0.15) is 30.2 Å². The third-order valence-corrected chi connectivity index (χ3v) is 2.95. The minimum absolute atomic E-state index is 0.179. The number of nitrogens with zero attached hydrogens (tertiary/aromatic N) is 1. The van der Waals surface area contributed by atoms with Crippen LogP contribution in [0.5, 0.6) is 0 Å². The van der Waals surface area contributed by atoms with Crippen molar-refractivity contribution in [1.29, 1.82) is 0 Å². The summed E-state index contributed by atoms with van der Waals surface area (Å²) in [6, 6.07) is 0. The van der Waals surface area contributed by atoms with E-state index in [1.807, 2.05) is 11.1 Å². The molecule has 2 heterocycles. The maximum Gasteiger partial charge on any atom is 0.219 e. The van der Waals surface area contributed by atoms with Crippen molar-refractivity contribution in [2.45, 2.75) is 33.2 Å². The Bertz CT molecular complexity index is 354. The molecule has 0 saturated heterocycles. The second-order valence-electron chi connectivity index (χ2n) is 3.97. The number of aromatic nitrogens is 1. The van der Waals surface area contributed by atoms with Crippen LogP contribution in [0.3, 0.4) is 0 Å². The fourth-order valence-electron chi connectivity index (χ4n) is 2.04. The average Bonchev–Trinajstić information content (AvgIpc) is 2.40. The molecule has 1 aromatic heterocycles. The van der Waals surface area contributed by atoms with Crippen LogP contribution >= 0.6 is 0 Å². The summed E-state index contributed by atoms with van der Waals surface area (Å²) < 4.78 is 0. The van der Waals surface area contributed by atoms with Crippen LogP contribution in [0.25, 0.3) is 0 Å². The molecule has 0 bridgehead atoms. The molecule has 2 rings (SSSR count). The molecule has 0 unspecified atom stereocenters. The lowest BCUT2D eigenvalue weighted by Crippen LogP contribution is -2.28. The molecular formula is C11H16N2O. The van der Waals surface area contributed by atoms with Crippen molar-refractivity contribution in [2.24, 2.45) is 0 Å². The van der Waals surface area contributed by atoms with Gasteiger partial charge in [-0.25, -0.2) is 0 Å². The number of carbonyl (C=O) groups is 1. The van der Waals surface area contributed by atoms with Gasteiger partial charge in [0.1, 0.15) is 0 Å². The molecule has 0 aromatic carbocycles. The second kappa shape index (κ2) is 3.48. The lowest BCUT2D eigenvalue weighted by molar-refractivity contribution is -0.129. The van der Waals surface area contributed by atoms with Gasteiger partial charge in [0, 0.05) is 31.9 Å². The van der Waals surface area contributed by atoms with E-state index in [2.05, 4.69) is 11.9 Å². The van der Waals surface area contributed by atoms with Crippen molar-refractivity contribution < 1.29 is 4.79 Å². The molecule has 0 saturated carbocycles. The van der Waals surface area contributed by atoms with Gasteiger partial charge < -0.3 is 9.88 Å². The SMILES string of the molecule is CC(=O)N1CCCc2[nH]cc(C)c2C1.